The van der Waals surface area contributed by atoms with Crippen LogP contribution in [0.5, 0.6) is 0 Å². The summed E-state index contributed by atoms with van der Waals surface area (Å²) in [6.45, 7) is 2.33. The van der Waals surface area contributed by atoms with Gasteiger partial charge in [0.2, 0.25) is 10.0 Å². The molecule has 1 fully saturated rings. The monoisotopic (exact) mass is 337 g/mol. The van der Waals surface area contributed by atoms with Crippen molar-refractivity contribution in [3.05, 3.63) is 29.3 Å². The number of anilines is 1. The molecule has 6 nitrogen and oxygen atoms in total. The molecule has 2 heterocycles. The smallest absolute Gasteiger partial charge is 0.253 e. The highest BCUT2D eigenvalue weighted by molar-refractivity contribution is 7.92. The molecule has 2 aliphatic rings. The van der Waals surface area contributed by atoms with Gasteiger partial charge >= 0.3 is 0 Å². The van der Waals surface area contributed by atoms with Crippen LogP contribution in [0.1, 0.15) is 28.8 Å². The molecule has 1 aromatic rings. The molecule has 126 valence electrons. The van der Waals surface area contributed by atoms with E-state index in [0.717, 1.165) is 31.5 Å². The zero-order valence-electron chi connectivity index (χ0n) is 13.6. The Bertz CT molecular complexity index is 711. The van der Waals surface area contributed by atoms with E-state index in [1.807, 2.05) is 18.0 Å². The number of nitrogens with zero attached hydrogens (tertiary/aromatic N) is 2. The van der Waals surface area contributed by atoms with Gasteiger partial charge < -0.3 is 10.2 Å². The molecule has 0 unspecified atom stereocenters. The van der Waals surface area contributed by atoms with Crippen molar-refractivity contribution in [1.82, 2.24) is 10.2 Å². The van der Waals surface area contributed by atoms with Crippen LogP contribution >= 0.6 is 0 Å². The molecule has 1 saturated heterocycles. The van der Waals surface area contributed by atoms with E-state index in [2.05, 4.69) is 5.32 Å². The van der Waals surface area contributed by atoms with Crippen molar-refractivity contribution < 1.29 is 13.2 Å². The highest BCUT2D eigenvalue weighted by Gasteiger charge is 2.28. The number of piperidine rings is 1. The summed E-state index contributed by atoms with van der Waals surface area (Å²) in [5.74, 6) is 0.0116. The van der Waals surface area contributed by atoms with E-state index < -0.39 is 10.0 Å². The van der Waals surface area contributed by atoms with E-state index in [-0.39, 0.29) is 11.9 Å². The molecular weight excluding hydrogens is 314 g/mol. The van der Waals surface area contributed by atoms with Gasteiger partial charge in [-0.05, 0) is 56.1 Å². The second-order valence-electron chi connectivity index (χ2n) is 6.33. The first kappa shape index (κ1) is 16.3. The molecule has 0 bridgehead atoms. The summed E-state index contributed by atoms with van der Waals surface area (Å²) in [6, 6.07) is 5.61. The minimum atomic E-state index is -3.25. The highest BCUT2D eigenvalue weighted by Crippen LogP contribution is 2.31. The largest absolute Gasteiger partial charge is 0.339 e. The molecule has 0 atom stereocenters. The number of hydrogen-bond acceptors (Lipinski definition) is 4. The second-order valence-corrected chi connectivity index (χ2v) is 8.23. The topological polar surface area (TPSA) is 69.7 Å². The number of sulfonamides is 1. The summed E-state index contributed by atoms with van der Waals surface area (Å²) >= 11 is 0. The molecule has 0 aromatic heterocycles. The van der Waals surface area contributed by atoms with Crippen LogP contribution in [-0.4, -0.2) is 58.2 Å². The maximum atomic E-state index is 12.7. The Morgan fingerprint density at radius 1 is 1.30 bits per heavy atom. The molecule has 7 heteroatoms. The fourth-order valence-electron chi connectivity index (χ4n) is 3.41. The summed E-state index contributed by atoms with van der Waals surface area (Å²) < 4.78 is 25.0. The first-order valence-corrected chi connectivity index (χ1v) is 9.81. The van der Waals surface area contributed by atoms with E-state index in [1.165, 1.54) is 10.6 Å². The minimum Gasteiger partial charge on any atom is -0.339 e. The number of nitrogens with one attached hydrogen (secondary N) is 1. The minimum absolute atomic E-state index is 0.0116. The van der Waals surface area contributed by atoms with Crippen molar-refractivity contribution in [2.24, 2.45) is 0 Å². The average Bonchev–Trinajstić information content (AvgIpc) is 2.97. The summed E-state index contributed by atoms with van der Waals surface area (Å²) in [7, 11) is -1.40. The number of carbonyl (C=O) groups excluding carboxylic acids is 1. The summed E-state index contributed by atoms with van der Waals surface area (Å²) in [4.78, 5) is 14.5. The van der Waals surface area contributed by atoms with E-state index >= 15 is 0 Å². The Balaban J connectivity index is 1.81. The normalized spacial score (nSPS) is 18.8. The quantitative estimate of drug-likeness (QED) is 0.887. The first-order valence-electron chi connectivity index (χ1n) is 7.96. The molecule has 0 saturated carbocycles. The van der Waals surface area contributed by atoms with Gasteiger partial charge in [0.15, 0.2) is 0 Å². The van der Waals surface area contributed by atoms with Crippen LogP contribution in [0.15, 0.2) is 18.2 Å². The lowest BCUT2D eigenvalue weighted by Crippen LogP contribution is -2.43. The molecule has 23 heavy (non-hydrogen) atoms. The van der Waals surface area contributed by atoms with Crippen LogP contribution < -0.4 is 9.62 Å². The predicted octanol–water partition coefficient (Wildman–Crippen LogP) is 0.833. The van der Waals surface area contributed by atoms with E-state index in [4.69, 9.17) is 0 Å². The summed E-state index contributed by atoms with van der Waals surface area (Å²) in [5, 5.41) is 3.30. The van der Waals surface area contributed by atoms with E-state index in [9.17, 15) is 13.2 Å². The Morgan fingerprint density at radius 2 is 2.00 bits per heavy atom. The van der Waals surface area contributed by atoms with Crippen molar-refractivity contribution in [3.8, 4) is 0 Å². The molecular formula is C16H23N3O3S. The van der Waals surface area contributed by atoms with Crippen molar-refractivity contribution >= 4 is 21.6 Å². The van der Waals surface area contributed by atoms with Crippen molar-refractivity contribution in [3.63, 3.8) is 0 Å². The molecule has 1 amide bonds. The second kappa shape index (κ2) is 6.13. The Kier molecular flexibility index (Phi) is 4.33. The standard InChI is InChI=1S/C16H23N3O3S/c1-18(14-5-8-17-9-6-14)16(20)13-3-4-15-12(11-13)7-10-19(15)23(2,21)22/h3-4,11,14,17H,5-10H2,1-2H3. The van der Waals surface area contributed by atoms with Gasteiger partial charge in [-0.15, -0.1) is 0 Å². The van der Waals surface area contributed by atoms with Gasteiger partial charge in [-0.25, -0.2) is 8.42 Å². The first-order chi connectivity index (χ1) is 10.9. The average molecular weight is 337 g/mol. The lowest BCUT2D eigenvalue weighted by molar-refractivity contribution is 0.0703. The van der Waals surface area contributed by atoms with Crippen LogP contribution in [0.4, 0.5) is 5.69 Å². The fraction of sp³-hybridized carbons (Fsp3) is 0.562. The maximum absolute atomic E-state index is 12.7. The number of fused-ring (bicyclic) bond motifs is 1. The zero-order chi connectivity index (χ0) is 16.6. The van der Waals surface area contributed by atoms with Gasteiger partial charge in [-0.3, -0.25) is 9.10 Å². The Hall–Kier alpha value is -1.60. The van der Waals surface area contributed by atoms with Crippen LogP contribution in [0.25, 0.3) is 0 Å². The SMILES string of the molecule is CN(C(=O)c1ccc2c(c1)CCN2S(C)(=O)=O)C1CCNCC1. The summed E-state index contributed by atoms with van der Waals surface area (Å²) in [6.07, 6.45) is 3.80. The molecule has 0 radical (unpaired) electrons. The van der Waals surface area contributed by atoms with E-state index in [1.54, 1.807) is 12.1 Å². The van der Waals surface area contributed by atoms with Gasteiger partial charge in [0.1, 0.15) is 0 Å². The Morgan fingerprint density at radius 3 is 2.65 bits per heavy atom. The molecule has 2 aliphatic heterocycles. The number of carbonyl (C=O) groups is 1. The van der Waals surface area contributed by atoms with Crippen molar-refractivity contribution in [1.29, 1.82) is 0 Å². The summed E-state index contributed by atoms with van der Waals surface area (Å²) in [5.41, 5.74) is 2.27. The van der Waals surface area contributed by atoms with Crippen LogP contribution in [0, 0.1) is 0 Å². The van der Waals surface area contributed by atoms with Gasteiger partial charge in [-0.1, -0.05) is 0 Å². The fourth-order valence-corrected chi connectivity index (χ4v) is 4.37. The molecule has 3 rings (SSSR count). The van der Waals surface area contributed by atoms with E-state index in [0.29, 0.717) is 24.2 Å². The lowest BCUT2D eigenvalue weighted by atomic mass is 10.0. The highest BCUT2D eigenvalue weighted by atomic mass is 32.2. The maximum Gasteiger partial charge on any atom is 0.253 e. The number of amides is 1. The zero-order valence-corrected chi connectivity index (χ0v) is 14.4. The van der Waals surface area contributed by atoms with Crippen molar-refractivity contribution in [2.75, 3.05) is 37.2 Å². The van der Waals surface area contributed by atoms with Crippen LogP contribution in [0.3, 0.4) is 0 Å². The van der Waals surface area contributed by atoms with Crippen molar-refractivity contribution in [2.45, 2.75) is 25.3 Å². The van der Waals surface area contributed by atoms with Crippen LogP contribution in [0.2, 0.25) is 0 Å². The van der Waals surface area contributed by atoms with Crippen LogP contribution in [-0.2, 0) is 16.4 Å². The van der Waals surface area contributed by atoms with Gasteiger partial charge in [0.05, 0.1) is 11.9 Å². The third-order valence-electron chi connectivity index (χ3n) is 4.76. The molecule has 0 aliphatic carbocycles. The van der Waals surface area contributed by atoms with Gasteiger partial charge in [0, 0.05) is 25.2 Å². The number of hydrogen-bond donors (Lipinski definition) is 1. The third-order valence-corrected chi connectivity index (χ3v) is 5.94. The molecule has 0 spiro atoms. The molecule has 1 aromatic carbocycles. The van der Waals surface area contributed by atoms with Gasteiger partial charge in [-0.2, -0.15) is 0 Å². The third kappa shape index (κ3) is 3.21. The number of rotatable bonds is 3. The number of benzene rings is 1. The molecule has 1 N–H and O–H groups in total. The predicted molar refractivity (Wildman–Crippen MR) is 90.3 cm³/mol. The lowest BCUT2D eigenvalue weighted by Gasteiger charge is -2.31. The Labute approximate surface area is 137 Å². The van der Waals surface area contributed by atoms with Gasteiger partial charge in [0.25, 0.3) is 5.91 Å².